The summed E-state index contributed by atoms with van der Waals surface area (Å²) in [7, 11) is 2.98. The second-order valence-electron chi connectivity index (χ2n) is 4.41. The molecule has 3 N–H and O–H groups in total. The van der Waals surface area contributed by atoms with Crippen LogP contribution in [0.3, 0.4) is 0 Å². The zero-order valence-corrected chi connectivity index (χ0v) is 12.6. The average Bonchev–Trinajstić information content (AvgIpc) is 2.45. The number of methoxy groups -OCH3 is 2. The fraction of sp³-hybridized carbons (Fsp3) is 0.500. The predicted molar refractivity (Wildman–Crippen MR) is 80.4 cm³/mol. The van der Waals surface area contributed by atoms with E-state index in [4.69, 9.17) is 26.8 Å². The smallest absolute Gasteiger partial charge is 0.340 e. The summed E-state index contributed by atoms with van der Waals surface area (Å²) in [4.78, 5) is 11.8. The molecule has 0 spiro atoms. The Morgan fingerprint density at radius 1 is 1.45 bits per heavy atom. The van der Waals surface area contributed by atoms with Crippen molar-refractivity contribution >= 4 is 23.3 Å². The molecular formula is C14H21ClN2O3. The summed E-state index contributed by atoms with van der Waals surface area (Å²) >= 11 is 5.92. The van der Waals surface area contributed by atoms with Crippen molar-refractivity contribution in [1.29, 1.82) is 0 Å². The van der Waals surface area contributed by atoms with Gasteiger partial charge in [-0.1, -0.05) is 11.6 Å². The number of hydrogen-bond donors (Lipinski definition) is 2. The van der Waals surface area contributed by atoms with Crippen molar-refractivity contribution < 1.29 is 14.3 Å². The largest absolute Gasteiger partial charge is 0.465 e. The number of carbonyl (C=O) groups excluding carboxylic acids is 1. The number of nitrogens with two attached hydrogens (primary N) is 1. The summed E-state index contributed by atoms with van der Waals surface area (Å²) in [5.74, 6) is -0.426. The van der Waals surface area contributed by atoms with Gasteiger partial charge in [-0.05, 0) is 37.6 Å². The minimum atomic E-state index is -0.426. The van der Waals surface area contributed by atoms with Gasteiger partial charge in [0.15, 0.2) is 0 Å². The van der Waals surface area contributed by atoms with Crippen molar-refractivity contribution in [2.75, 3.05) is 32.7 Å². The second kappa shape index (κ2) is 8.79. The van der Waals surface area contributed by atoms with Crippen LogP contribution in [0.5, 0.6) is 0 Å². The van der Waals surface area contributed by atoms with Crippen molar-refractivity contribution in [3.05, 3.63) is 28.8 Å². The first-order valence-corrected chi connectivity index (χ1v) is 6.83. The van der Waals surface area contributed by atoms with Crippen molar-refractivity contribution in [3.63, 3.8) is 0 Å². The molecule has 5 nitrogen and oxygen atoms in total. The van der Waals surface area contributed by atoms with E-state index in [9.17, 15) is 4.79 Å². The quantitative estimate of drug-likeness (QED) is 0.721. The van der Waals surface area contributed by atoms with Crippen molar-refractivity contribution in [2.45, 2.75) is 18.9 Å². The molecule has 6 heteroatoms. The van der Waals surface area contributed by atoms with Crippen LogP contribution in [0.2, 0.25) is 5.02 Å². The van der Waals surface area contributed by atoms with Crippen LogP contribution >= 0.6 is 11.6 Å². The van der Waals surface area contributed by atoms with Gasteiger partial charge in [-0.25, -0.2) is 4.79 Å². The molecule has 1 aromatic rings. The van der Waals surface area contributed by atoms with Gasteiger partial charge in [0.1, 0.15) is 0 Å². The van der Waals surface area contributed by atoms with E-state index in [1.54, 1.807) is 25.3 Å². The fourth-order valence-electron chi connectivity index (χ4n) is 1.90. The Kier molecular flexibility index (Phi) is 7.36. The highest BCUT2D eigenvalue weighted by molar-refractivity contribution is 6.31. The molecule has 0 aliphatic rings. The average molecular weight is 301 g/mol. The number of benzene rings is 1. The van der Waals surface area contributed by atoms with Crippen LogP contribution in [-0.4, -0.2) is 39.4 Å². The molecule has 1 atom stereocenters. The lowest BCUT2D eigenvalue weighted by Gasteiger charge is -2.20. The molecule has 0 radical (unpaired) electrons. The van der Waals surface area contributed by atoms with E-state index in [2.05, 4.69) is 5.32 Å². The van der Waals surface area contributed by atoms with Crippen LogP contribution < -0.4 is 11.1 Å². The van der Waals surface area contributed by atoms with E-state index in [1.807, 2.05) is 0 Å². The molecule has 0 aliphatic heterocycles. The summed E-state index contributed by atoms with van der Waals surface area (Å²) < 4.78 is 9.94. The number of anilines is 1. The van der Waals surface area contributed by atoms with Gasteiger partial charge in [0.2, 0.25) is 0 Å². The maximum Gasteiger partial charge on any atom is 0.340 e. The number of nitrogens with one attached hydrogen (secondary N) is 1. The molecule has 0 heterocycles. The molecule has 0 bridgehead atoms. The van der Waals surface area contributed by atoms with Crippen LogP contribution in [0.1, 0.15) is 23.2 Å². The normalized spacial score (nSPS) is 12.0. The van der Waals surface area contributed by atoms with E-state index in [0.29, 0.717) is 29.4 Å². The van der Waals surface area contributed by atoms with Gasteiger partial charge in [-0.3, -0.25) is 0 Å². The Morgan fingerprint density at radius 3 is 2.80 bits per heavy atom. The number of hydrogen-bond acceptors (Lipinski definition) is 5. The van der Waals surface area contributed by atoms with Gasteiger partial charge in [0.05, 0.1) is 19.3 Å². The van der Waals surface area contributed by atoms with Gasteiger partial charge < -0.3 is 20.5 Å². The molecule has 0 saturated heterocycles. The Labute approximate surface area is 124 Å². The third kappa shape index (κ3) is 5.00. The number of esters is 1. The number of ether oxygens (including phenoxy) is 2. The lowest BCUT2D eigenvalue weighted by atomic mass is 10.1. The Morgan fingerprint density at radius 2 is 2.20 bits per heavy atom. The van der Waals surface area contributed by atoms with Gasteiger partial charge in [0.25, 0.3) is 0 Å². The Hall–Kier alpha value is -1.30. The molecule has 0 aliphatic carbocycles. The van der Waals surface area contributed by atoms with E-state index in [-0.39, 0.29) is 6.04 Å². The minimum absolute atomic E-state index is 0.0770. The SMILES string of the molecule is COCC(CCCN)Nc1ccc(Cl)cc1C(=O)OC. The molecule has 0 aromatic heterocycles. The maximum atomic E-state index is 11.8. The predicted octanol–water partition coefficient (Wildman–Crippen LogP) is 2.29. The van der Waals surface area contributed by atoms with Crippen LogP contribution in [0.25, 0.3) is 0 Å². The fourth-order valence-corrected chi connectivity index (χ4v) is 2.08. The third-order valence-electron chi connectivity index (χ3n) is 2.87. The zero-order valence-electron chi connectivity index (χ0n) is 11.8. The Bertz CT molecular complexity index is 440. The molecule has 0 saturated carbocycles. The second-order valence-corrected chi connectivity index (χ2v) is 4.85. The highest BCUT2D eigenvalue weighted by atomic mass is 35.5. The van der Waals surface area contributed by atoms with Crippen LogP contribution in [0.15, 0.2) is 18.2 Å². The van der Waals surface area contributed by atoms with Gasteiger partial charge in [-0.2, -0.15) is 0 Å². The topological polar surface area (TPSA) is 73.6 Å². The van der Waals surface area contributed by atoms with Crippen LogP contribution in [-0.2, 0) is 9.47 Å². The highest BCUT2D eigenvalue weighted by Crippen LogP contribution is 2.23. The number of carbonyl (C=O) groups is 1. The van der Waals surface area contributed by atoms with E-state index in [0.717, 1.165) is 12.8 Å². The monoisotopic (exact) mass is 300 g/mol. The number of rotatable bonds is 8. The molecule has 112 valence electrons. The van der Waals surface area contributed by atoms with Crippen LogP contribution in [0.4, 0.5) is 5.69 Å². The van der Waals surface area contributed by atoms with Gasteiger partial charge >= 0.3 is 5.97 Å². The lowest BCUT2D eigenvalue weighted by molar-refractivity contribution is 0.0601. The van der Waals surface area contributed by atoms with Crippen LogP contribution in [0, 0.1) is 0 Å². The standard InChI is InChI=1S/C14H21ClN2O3/c1-19-9-11(4-3-7-16)17-13-6-5-10(15)8-12(13)14(18)20-2/h5-6,8,11,17H,3-4,7,9,16H2,1-2H3. The van der Waals surface area contributed by atoms with Gasteiger partial charge in [0, 0.05) is 23.9 Å². The zero-order chi connectivity index (χ0) is 15.0. The van der Waals surface area contributed by atoms with E-state index >= 15 is 0 Å². The lowest BCUT2D eigenvalue weighted by Crippen LogP contribution is -2.27. The summed E-state index contributed by atoms with van der Waals surface area (Å²) in [5, 5.41) is 3.77. The first kappa shape index (κ1) is 16.8. The Balaban J connectivity index is 2.90. The summed E-state index contributed by atoms with van der Waals surface area (Å²) in [6.07, 6.45) is 1.73. The van der Waals surface area contributed by atoms with Crippen molar-refractivity contribution in [3.8, 4) is 0 Å². The molecule has 1 aromatic carbocycles. The minimum Gasteiger partial charge on any atom is -0.465 e. The first-order valence-electron chi connectivity index (χ1n) is 6.45. The molecule has 0 amide bonds. The summed E-state index contributed by atoms with van der Waals surface area (Å²) in [6.45, 7) is 1.15. The molecule has 1 unspecified atom stereocenters. The summed E-state index contributed by atoms with van der Waals surface area (Å²) in [6, 6.07) is 5.15. The number of halogens is 1. The maximum absolute atomic E-state index is 11.8. The molecule has 1 rings (SSSR count). The van der Waals surface area contributed by atoms with E-state index in [1.165, 1.54) is 7.11 Å². The van der Waals surface area contributed by atoms with Gasteiger partial charge in [-0.15, -0.1) is 0 Å². The molecular weight excluding hydrogens is 280 g/mol. The molecule has 20 heavy (non-hydrogen) atoms. The first-order chi connectivity index (χ1) is 9.62. The van der Waals surface area contributed by atoms with Crippen molar-refractivity contribution in [1.82, 2.24) is 0 Å². The molecule has 0 fully saturated rings. The van der Waals surface area contributed by atoms with Crippen molar-refractivity contribution in [2.24, 2.45) is 5.73 Å². The summed E-state index contributed by atoms with van der Waals surface area (Å²) in [5.41, 5.74) is 6.62. The third-order valence-corrected chi connectivity index (χ3v) is 3.11. The van der Waals surface area contributed by atoms with E-state index < -0.39 is 5.97 Å². The highest BCUT2D eigenvalue weighted by Gasteiger charge is 2.16.